The summed E-state index contributed by atoms with van der Waals surface area (Å²) in [7, 11) is 0. The summed E-state index contributed by atoms with van der Waals surface area (Å²) in [6.45, 7) is 2.04. The molecular weight excluding hydrogens is 369 g/mol. The van der Waals surface area contributed by atoms with Gasteiger partial charge in [0.05, 0.1) is 5.69 Å². The second-order valence-corrected chi connectivity index (χ2v) is 6.46. The first kappa shape index (κ1) is 18.8. The molecule has 0 aliphatic rings. The van der Waals surface area contributed by atoms with E-state index < -0.39 is 11.3 Å². The number of carbonyl (C=O) groups excluding carboxylic acids is 1. The van der Waals surface area contributed by atoms with E-state index >= 15 is 0 Å². The number of benzene rings is 2. The van der Waals surface area contributed by atoms with Crippen molar-refractivity contribution in [1.29, 1.82) is 0 Å². The molecule has 27 heavy (non-hydrogen) atoms. The van der Waals surface area contributed by atoms with E-state index in [9.17, 15) is 14.0 Å². The largest absolute Gasteiger partial charge is 0.350 e. The molecule has 7 heteroatoms. The number of aromatic nitrogens is 2. The van der Waals surface area contributed by atoms with Gasteiger partial charge in [0.1, 0.15) is 5.82 Å². The predicted molar refractivity (Wildman–Crippen MR) is 102 cm³/mol. The zero-order valence-corrected chi connectivity index (χ0v) is 15.3. The van der Waals surface area contributed by atoms with E-state index in [-0.39, 0.29) is 11.5 Å². The van der Waals surface area contributed by atoms with Gasteiger partial charge in [0.2, 0.25) is 5.43 Å². The molecule has 1 heterocycles. The van der Waals surface area contributed by atoms with Crippen LogP contribution in [0.5, 0.6) is 0 Å². The van der Waals surface area contributed by atoms with E-state index in [1.807, 2.05) is 0 Å². The Hall–Kier alpha value is -2.99. The maximum atomic E-state index is 12.9. The van der Waals surface area contributed by atoms with Crippen LogP contribution in [0.25, 0.3) is 5.69 Å². The first-order chi connectivity index (χ1) is 12.9. The van der Waals surface area contributed by atoms with Crippen molar-refractivity contribution in [3.8, 4) is 5.69 Å². The first-order valence-electron chi connectivity index (χ1n) is 8.33. The van der Waals surface area contributed by atoms with Crippen LogP contribution in [-0.2, 0) is 6.42 Å². The fourth-order valence-corrected chi connectivity index (χ4v) is 2.73. The third kappa shape index (κ3) is 4.60. The lowest BCUT2D eigenvalue weighted by Crippen LogP contribution is -2.33. The van der Waals surface area contributed by atoms with E-state index in [1.165, 1.54) is 22.9 Å². The molecule has 3 aromatic rings. The zero-order valence-electron chi connectivity index (χ0n) is 14.6. The summed E-state index contributed by atoms with van der Waals surface area (Å²) in [4.78, 5) is 24.6. The predicted octanol–water partition coefficient (Wildman–Crippen LogP) is 3.31. The third-order valence-electron chi connectivity index (χ3n) is 4.01. The highest BCUT2D eigenvalue weighted by Gasteiger charge is 2.15. The molecule has 0 atom stereocenters. The van der Waals surface area contributed by atoms with Gasteiger partial charge in [-0.1, -0.05) is 23.7 Å². The van der Waals surface area contributed by atoms with Gasteiger partial charge in [-0.15, -0.1) is 0 Å². The molecule has 0 saturated carbocycles. The number of nitrogens with zero attached hydrogens (tertiary/aromatic N) is 2. The number of carbonyl (C=O) groups is 1. The quantitative estimate of drug-likeness (QED) is 0.732. The van der Waals surface area contributed by atoms with Gasteiger partial charge >= 0.3 is 0 Å². The number of rotatable bonds is 5. The van der Waals surface area contributed by atoms with Crippen molar-refractivity contribution in [1.82, 2.24) is 15.1 Å². The summed E-state index contributed by atoms with van der Waals surface area (Å²) >= 11 is 5.90. The molecule has 1 amide bonds. The van der Waals surface area contributed by atoms with E-state index in [2.05, 4.69) is 10.4 Å². The number of nitrogens with one attached hydrogen (secondary N) is 1. The molecule has 0 aliphatic heterocycles. The van der Waals surface area contributed by atoms with Crippen molar-refractivity contribution in [2.45, 2.75) is 13.3 Å². The molecule has 3 rings (SSSR count). The van der Waals surface area contributed by atoms with Gasteiger partial charge in [-0.25, -0.2) is 9.07 Å². The molecule has 0 saturated heterocycles. The standard InChI is InChI=1S/C20H17ClFN3O2/c1-13-12-18(26)19(24-25(13)17-8-4-15(21)5-9-17)20(27)23-11-10-14-2-6-16(22)7-3-14/h2-9,12H,10-11H2,1H3,(H,23,27). The molecule has 0 radical (unpaired) electrons. The second kappa shape index (κ2) is 8.14. The SMILES string of the molecule is Cc1cc(=O)c(C(=O)NCCc2ccc(F)cc2)nn1-c1ccc(Cl)cc1. The highest BCUT2D eigenvalue weighted by molar-refractivity contribution is 6.30. The van der Waals surface area contributed by atoms with Gasteiger partial charge < -0.3 is 5.32 Å². The van der Waals surface area contributed by atoms with E-state index in [1.54, 1.807) is 43.3 Å². The molecule has 2 aromatic carbocycles. The fraction of sp³-hybridized carbons (Fsp3) is 0.150. The van der Waals surface area contributed by atoms with Crippen molar-refractivity contribution in [3.05, 3.63) is 92.6 Å². The van der Waals surface area contributed by atoms with Gasteiger partial charge in [-0.2, -0.15) is 5.10 Å². The summed E-state index contributed by atoms with van der Waals surface area (Å²) in [6, 6.07) is 14.3. The van der Waals surface area contributed by atoms with Crippen molar-refractivity contribution in [2.24, 2.45) is 0 Å². The zero-order chi connectivity index (χ0) is 19.4. The van der Waals surface area contributed by atoms with Crippen molar-refractivity contribution >= 4 is 17.5 Å². The Balaban J connectivity index is 1.76. The fourth-order valence-electron chi connectivity index (χ4n) is 2.60. The molecular formula is C20H17ClFN3O2. The maximum absolute atomic E-state index is 12.9. The number of aryl methyl sites for hydroxylation is 1. The van der Waals surface area contributed by atoms with Crippen LogP contribution in [0.1, 0.15) is 21.7 Å². The summed E-state index contributed by atoms with van der Waals surface area (Å²) in [6.07, 6.45) is 0.517. The summed E-state index contributed by atoms with van der Waals surface area (Å²) in [5.74, 6) is -0.862. The van der Waals surface area contributed by atoms with Crippen LogP contribution >= 0.6 is 11.6 Å². The Morgan fingerprint density at radius 2 is 1.81 bits per heavy atom. The Bertz CT molecular complexity index is 1010. The van der Waals surface area contributed by atoms with Gasteiger partial charge in [-0.05, 0) is 55.3 Å². The minimum atomic E-state index is -0.551. The van der Waals surface area contributed by atoms with Crippen LogP contribution in [0.2, 0.25) is 5.02 Å². The Morgan fingerprint density at radius 3 is 2.48 bits per heavy atom. The summed E-state index contributed by atoms with van der Waals surface area (Å²) in [5.41, 5.74) is 1.54. The summed E-state index contributed by atoms with van der Waals surface area (Å²) in [5, 5.41) is 7.47. The van der Waals surface area contributed by atoms with Gasteiger partial charge in [-0.3, -0.25) is 9.59 Å². The average molecular weight is 386 g/mol. The monoisotopic (exact) mass is 385 g/mol. The van der Waals surface area contributed by atoms with Gasteiger partial charge in [0.15, 0.2) is 5.69 Å². The first-order valence-corrected chi connectivity index (χ1v) is 8.71. The lowest BCUT2D eigenvalue weighted by molar-refractivity contribution is 0.0946. The van der Waals surface area contributed by atoms with Gasteiger partial charge in [0.25, 0.3) is 5.91 Å². The highest BCUT2D eigenvalue weighted by Crippen LogP contribution is 2.13. The molecule has 1 aromatic heterocycles. The Labute approximate surface area is 160 Å². The highest BCUT2D eigenvalue weighted by atomic mass is 35.5. The normalized spacial score (nSPS) is 10.6. The third-order valence-corrected chi connectivity index (χ3v) is 4.26. The van der Waals surface area contributed by atoms with Crippen molar-refractivity contribution < 1.29 is 9.18 Å². The van der Waals surface area contributed by atoms with Crippen LogP contribution in [0.4, 0.5) is 4.39 Å². The van der Waals surface area contributed by atoms with Crippen molar-refractivity contribution in [3.63, 3.8) is 0 Å². The minimum absolute atomic E-state index is 0.186. The lowest BCUT2D eigenvalue weighted by atomic mass is 10.1. The van der Waals surface area contributed by atoms with Crippen LogP contribution in [0.15, 0.2) is 59.4 Å². The molecule has 5 nitrogen and oxygen atoms in total. The second-order valence-electron chi connectivity index (χ2n) is 6.02. The average Bonchev–Trinajstić information content (AvgIpc) is 2.64. The van der Waals surface area contributed by atoms with Crippen LogP contribution in [-0.4, -0.2) is 22.2 Å². The van der Waals surface area contributed by atoms with E-state index in [0.29, 0.717) is 29.4 Å². The number of hydrogen-bond donors (Lipinski definition) is 1. The molecule has 0 fully saturated rings. The van der Waals surface area contributed by atoms with Crippen LogP contribution in [0.3, 0.4) is 0 Å². The Kier molecular flexibility index (Phi) is 5.66. The van der Waals surface area contributed by atoms with Crippen LogP contribution < -0.4 is 10.7 Å². The summed E-state index contributed by atoms with van der Waals surface area (Å²) < 4.78 is 14.4. The number of hydrogen-bond acceptors (Lipinski definition) is 3. The maximum Gasteiger partial charge on any atom is 0.275 e. The number of halogens is 2. The topological polar surface area (TPSA) is 64.0 Å². The molecule has 0 aliphatic carbocycles. The van der Waals surface area contributed by atoms with Crippen LogP contribution in [0, 0.1) is 12.7 Å². The van der Waals surface area contributed by atoms with E-state index in [0.717, 1.165) is 5.56 Å². The van der Waals surface area contributed by atoms with E-state index in [4.69, 9.17) is 11.6 Å². The molecule has 1 N–H and O–H groups in total. The van der Waals surface area contributed by atoms with Gasteiger partial charge in [0, 0.05) is 23.3 Å². The number of amides is 1. The van der Waals surface area contributed by atoms with Crippen molar-refractivity contribution in [2.75, 3.05) is 6.54 Å². The molecule has 138 valence electrons. The molecule has 0 unspecified atom stereocenters. The smallest absolute Gasteiger partial charge is 0.275 e. The minimum Gasteiger partial charge on any atom is -0.350 e. The molecule has 0 bridgehead atoms. The molecule has 0 spiro atoms. The Morgan fingerprint density at radius 1 is 1.15 bits per heavy atom. The lowest BCUT2D eigenvalue weighted by Gasteiger charge is -2.11.